The summed E-state index contributed by atoms with van der Waals surface area (Å²) in [6.45, 7) is 8.47. The second-order valence-electron chi connectivity index (χ2n) is 11.9. The van der Waals surface area contributed by atoms with Crippen molar-refractivity contribution in [3.63, 3.8) is 0 Å². The molecule has 0 saturated heterocycles. The normalized spacial score (nSPS) is 11.4. The van der Waals surface area contributed by atoms with E-state index in [4.69, 9.17) is 18.9 Å². The molecule has 0 aliphatic heterocycles. The lowest BCUT2D eigenvalue weighted by Gasteiger charge is -2.08. The zero-order valence-electron chi connectivity index (χ0n) is 27.9. The molecule has 0 aromatic carbocycles. The molecule has 246 valence electrons. The third kappa shape index (κ3) is 37.3. The summed E-state index contributed by atoms with van der Waals surface area (Å²) >= 11 is 0. The highest BCUT2D eigenvalue weighted by Gasteiger charge is 2.03. The van der Waals surface area contributed by atoms with Gasteiger partial charge in [-0.25, -0.2) is 0 Å². The maximum absolute atomic E-state index is 11.8. The third-order valence-corrected chi connectivity index (χ3v) is 7.86. The average Bonchev–Trinajstić information content (AvgIpc) is 2.98. The second kappa shape index (κ2) is 37.4. The lowest BCUT2D eigenvalue weighted by atomic mass is 10.0. The van der Waals surface area contributed by atoms with Gasteiger partial charge in [0, 0.05) is 13.0 Å². The number of hydrogen-bond acceptors (Lipinski definition) is 5. The van der Waals surface area contributed by atoms with Crippen LogP contribution in [0.15, 0.2) is 0 Å². The fraction of sp³-hybridized carbons (Fsp3) is 0.972. The van der Waals surface area contributed by atoms with Crippen LogP contribution in [0.5, 0.6) is 0 Å². The Bertz CT molecular complexity index is 485. The molecule has 0 fully saturated rings. The van der Waals surface area contributed by atoms with Gasteiger partial charge in [-0.3, -0.25) is 4.79 Å². The number of esters is 1. The van der Waals surface area contributed by atoms with Crippen molar-refractivity contribution < 1.29 is 23.7 Å². The maximum Gasteiger partial charge on any atom is 0.305 e. The van der Waals surface area contributed by atoms with Crippen molar-refractivity contribution >= 4 is 5.97 Å². The van der Waals surface area contributed by atoms with E-state index < -0.39 is 0 Å². The number of carbonyl (C=O) groups excluding carboxylic acids is 1. The Labute approximate surface area is 256 Å². The summed E-state index contributed by atoms with van der Waals surface area (Å²) in [5.41, 5.74) is 0. The minimum atomic E-state index is -0.103. The van der Waals surface area contributed by atoms with Crippen LogP contribution in [0, 0.1) is 0 Å². The molecule has 0 heterocycles. The van der Waals surface area contributed by atoms with E-state index in [1.807, 2.05) is 0 Å². The minimum Gasteiger partial charge on any atom is -0.463 e. The molecule has 0 spiro atoms. The number of carbonyl (C=O) groups is 1. The fourth-order valence-electron chi connectivity index (χ4n) is 5.16. The van der Waals surface area contributed by atoms with Gasteiger partial charge in [0.05, 0.1) is 33.0 Å². The first-order valence-corrected chi connectivity index (χ1v) is 18.2. The van der Waals surface area contributed by atoms with Crippen molar-refractivity contribution in [2.45, 2.75) is 181 Å². The monoisotopic (exact) mass is 585 g/mol. The Kier molecular flexibility index (Phi) is 36.8. The van der Waals surface area contributed by atoms with E-state index in [1.54, 1.807) is 0 Å². The SMILES string of the molecule is CCCCCCCCCCCCCCCCCCOCCOCCOCCOC(=O)CCCCCCCCCCC. The van der Waals surface area contributed by atoms with Gasteiger partial charge in [-0.15, -0.1) is 0 Å². The number of ether oxygens (including phenoxy) is 4. The van der Waals surface area contributed by atoms with Gasteiger partial charge in [0.15, 0.2) is 0 Å². The molecule has 0 unspecified atom stereocenters. The first-order valence-electron chi connectivity index (χ1n) is 18.2. The summed E-state index contributed by atoms with van der Waals surface area (Å²) in [6, 6.07) is 0. The largest absolute Gasteiger partial charge is 0.463 e. The quantitative estimate of drug-likeness (QED) is 0.0541. The van der Waals surface area contributed by atoms with Crippen LogP contribution in [0.4, 0.5) is 0 Å². The topological polar surface area (TPSA) is 54.0 Å². The molecule has 0 bridgehead atoms. The van der Waals surface area contributed by atoms with Crippen molar-refractivity contribution in [2.24, 2.45) is 0 Å². The van der Waals surface area contributed by atoms with E-state index in [9.17, 15) is 4.79 Å². The highest BCUT2D eigenvalue weighted by atomic mass is 16.6. The predicted molar refractivity (Wildman–Crippen MR) is 175 cm³/mol. The average molecular weight is 585 g/mol. The standard InChI is InChI=1S/C36H72O5/c1-3-5-7-9-11-13-14-15-16-17-18-19-21-23-25-27-29-38-30-31-39-32-33-40-34-35-41-36(37)28-26-24-22-20-12-10-8-6-4-2/h3-35H2,1-2H3. The molecule has 0 aromatic heterocycles. The van der Waals surface area contributed by atoms with Crippen LogP contribution in [0.2, 0.25) is 0 Å². The van der Waals surface area contributed by atoms with Gasteiger partial charge in [-0.05, 0) is 12.8 Å². The van der Waals surface area contributed by atoms with Crippen molar-refractivity contribution in [1.29, 1.82) is 0 Å². The van der Waals surface area contributed by atoms with E-state index in [0.717, 1.165) is 25.9 Å². The number of hydrogen-bond donors (Lipinski definition) is 0. The summed E-state index contributed by atoms with van der Waals surface area (Å²) in [5, 5.41) is 0. The van der Waals surface area contributed by atoms with Crippen molar-refractivity contribution in [3.05, 3.63) is 0 Å². The van der Waals surface area contributed by atoms with Gasteiger partial charge >= 0.3 is 5.97 Å². The molecule has 0 aliphatic carbocycles. The molecule has 0 amide bonds. The molecule has 0 radical (unpaired) electrons. The van der Waals surface area contributed by atoms with Gasteiger partial charge < -0.3 is 18.9 Å². The number of rotatable bonds is 36. The van der Waals surface area contributed by atoms with Gasteiger partial charge in [0.1, 0.15) is 6.61 Å². The summed E-state index contributed by atoms with van der Waals surface area (Å²) in [7, 11) is 0. The lowest BCUT2D eigenvalue weighted by molar-refractivity contribution is -0.145. The van der Waals surface area contributed by atoms with Crippen LogP contribution >= 0.6 is 0 Å². The highest BCUT2D eigenvalue weighted by Crippen LogP contribution is 2.14. The molecule has 0 saturated carbocycles. The van der Waals surface area contributed by atoms with Crippen molar-refractivity contribution in [2.75, 3.05) is 46.2 Å². The van der Waals surface area contributed by atoms with Crippen LogP contribution in [0.3, 0.4) is 0 Å². The van der Waals surface area contributed by atoms with E-state index in [0.29, 0.717) is 46.1 Å². The molecule has 0 N–H and O–H groups in total. The van der Waals surface area contributed by atoms with Gasteiger partial charge in [0.2, 0.25) is 0 Å². The molecule has 5 nitrogen and oxygen atoms in total. The second-order valence-corrected chi connectivity index (χ2v) is 11.9. The minimum absolute atomic E-state index is 0.103. The van der Waals surface area contributed by atoms with E-state index in [1.165, 1.54) is 141 Å². The predicted octanol–water partition coefficient (Wildman–Crippen LogP) is 10.8. The van der Waals surface area contributed by atoms with Crippen LogP contribution in [-0.2, 0) is 23.7 Å². The number of unbranched alkanes of at least 4 members (excludes halogenated alkanes) is 23. The molecule has 5 heteroatoms. The zero-order chi connectivity index (χ0) is 29.7. The van der Waals surface area contributed by atoms with Crippen molar-refractivity contribution in [1.82, 2.24) is 0 Å². The van der Waals surface area contributed by atoms with Crippen LogP contribution in [0.1, 0.15) is 181 Å². The Balaban J connectivity index is 3.11. The van der Waals surface area contributed by atoms with E-state index in [2.05, 4.69) is 13.8 Å². The molecular weight excluding hydrogens is 512 g/mol. The Hall–Kier alpha value is -0.650. The molecule has 41 heavy (non-hydrogen) atoms. The van der Waals surface area contributed by atoms with E-state index >= 15 is 0 Å². The maximum atomic E-state index is 11.8. The summed E-state index contributed by atoms with van der Waals surface area (Å²) in [4.78, 5) is 11.8. The fourth-order valence-corrected chi connectivity index (χ4v) is 5.16. The highest BCUT2D eigenvalue weighted by molar-refractivity contribution is 5.69. The Morgan fingerprint density at radius 2 is 0.634 bits per heavy atom. The summed E-state index contributed by atoms with van der Waals surface area (Å²) < 4.78 is 21.9. The molecule has 0 aromatic rings. The molecule has 0 atom stereocenters. The molecular formula is C36H72O5. The zero-order valence-corrected chi connectivity index (χ0v) is 27.9. The van der Waals surface area contributed by atoms with Gasteiger partial charge in [0.25, 0.3) is 0 Å². The van der Waals surface area contributed by atoms with Gasteiger partial charge in [-0.1, -0.05) is 162 Å². The Morgan fingerprint density at radius 1 is 0.341 bits per heavy atom. The summed E-state index contributed by atoms with van der Waals surface area (Å²) in [6.07, 6.45) is 34.1. The van der Waals surface area contributed by atoms with Crippen LogP contribution in [0.25, 0.3) is 0 Å². The first kappa shape index (κ1) is 40.4. The molecule has 0 rings (SSSR count). The smallest absolute Gasteiger partial charge is 0.305 e. The van der Waals surface area contributed by atoms with Gasteiger partial charge in [-0.2, -0.15) is 0 Å². The Morgan fingerprint density at radius 3 is 1.02 bits per heavy atom. The third-order valence-electron chi connectivity index (χ3n) is 7.86. The van der Waals surface area contributed by atoms with Crippen LogP contribution < -0.4 is 0 Å². The van der Waals surface area contributed by atoms with E-state index in [-0.39, 0.29) is 5.97 Å². The summed E-state index contributed by atoms with van der Waals surface area (Å²) in [5.74, 6) is -0.103. The molecule has 0 aliphatic rings. The van der Waals surface area contributed by atoms with Crippen LogP contribution in [-0.4, -0.2) is 52.2 Å². The van der Waals surface area contributed by atoms with Crippen molar-refractivity contribution in [3.8, 4) is 0 Å². The first-order chi connectivity index (χ1) is 20.3. The lowest BCUT2D eigenvalue weighted by Crippen LogP contribution is -2.14.